The highest BCUT2D eigenvalue weighted by Crippen LogP contribution is 2.18. The van der Waals surface area contributed by atoms with Gasteiger partial charge < -0.3 is 19.5 Å². The number of hydrogen-bond donors (Lipinski definition) is 1. The molecule has 102 valence electrons. The van der Waals surface area contributed by atoms with Gasteiger partial charge in [-0.25, -0.2) is 4.98 Å². The zero-order valence-corrected chi connectivity index (χ0v) is 11.6. The molecular weight excluding hydrogens is 228 g/mol. The first-order chi connectivity index (χ1) is 8.69. The lowest BCUT2D eigenvalue weighted by Crippen LogP contribution is -2.24. The minimum atomic E-state index is 0.280. The van der Waals surface area contributed by atoms with Crippen LogP contribution < -0.4 is 5.32 Å². The molecule has 2 rings (SSSR count). The molecule has 0 radical (unpaired) electrons. The summed E-state index contributed by atoms with van der Waals surface area (Å²) in [6.07, 6.45) is 5.20. The zero-order chi connectivity index (χ0) is 13.0. The van der Waals surface area contributed by atoms with Gasteiger partial charge in [0.15, 0.2) is 0 Å². The molecule has 2 heterocycles. The van der Waals surface area contributed by atoms with Gasteiger partial charge in [0.1, 0.15) is 0 Å². The van der Waals surface area contributed by atoms with E-state index in [0.29, 0.717) is 6.61 Å². The Labute approximate surface area is 109 Å². The average molecular weight is 252 g/mol. The second-order valence-electron chi connectivity index (χ2n) is 5.32. The first-order valence-corrected chi connectivity index (χ1v) is 6.64. The molecule has 1 N–H and O–H groups in total. The maximum atomic E-state index is 5.13. The summed E-state index contributed by atoms with van der Waals surface area (Å²) in [5.74, 6) is 1.69. The molecule has 1 aromatic heterocycles. The Bertz CT molecular complexity index is 366. The number of imidazole rings is 1. The third-order valence-electron chi connectivity index (χ3n) is 3.45. The van der Waals surface area contributed by atoms with Crippen molar-refractivity contribution in [1.82, 2.24) is 14.5 Å². The molecular formula is C13H24N4O. The number of methoxy groups -OCH3 is 1. The van der Waals surface area contributed by atoms with Gasteiger partial charge in [0.05, 0.1) is 6.61 Å². The van der Waals surface area contributed by atoms with Crippen LogP contribution in [-0.4, -0.2) is 54.3 Å². The summed E-state index contributed by atoms with van der Waals surface area (Å²) in [6, 6.07) is 0.280. The van der Waals surface area contributed by atoms with E-state index in [2.05, 4.69) is 39.9 Å². The van der Waals surface area contributed by atoms with Gasteiger partial charge in [-0.15, -0.1) is 0 Å². The van der Waals surface area contributed by atoms with Crippen LogP contribution in [0.4, 0.5) is 5.95 Å². The van der Waals surface area contributed by atoms with Crippen molar-refractivity contribution >= 4 is 5.95 Å². The van der Waals surface area contributed by atoms with Crippen LogP contribution in [0.1, 0.15) is 13.3 Å². The predicted octanol–water partition coefficient (Wildman–Crippen LogP) is 1.28. The lowest BCUT2D eigenvalue weighted by atomic mass is 10.1. The van der Waals surface area contributed by atoms with E-state index >= 15 is 0 Å². The van der Waals surface area contributed by atoms with Gasteiger partial charge in [-0.3, -0.25) is 0 Å². The van der Waals surface area contributed by atoms with Crippen molar-refractivity contribution in [3.8, 4) is 0 Å². The van der Waals surface area contributed by atoms with Gasteiger partial charge in [-0.05, 0) is 32.9 Å². The Morgan fingerprint density at radius 1 is 1.61 bits per heavy atom. The second-order valence-corrected chi connectivity index (χ2v) is 5.32. The number of nitrogens with one attached hydrogen (secondary N) is 1. The summed E-state index contributed by atoms with van der Waals surface area (Å²) >= 11 is 0. The minimum absolute atomic E-state index is 0.280. The second kappa shape index (κ2) is 6.20. The molecule has 5 heteroatoms. The number of aromatic nitrogens is 2. The normalized spacial score (nSPS) is 22.3. The maximum absolute atomic E-state index is 5.13. The maximum Gasteiger partial charge on any atom is 0.203 e. The van der Waals surface area contributed by atoms with Gasteiger partial charge in [0, 0.05) is 38.6 Å². The Kier molecular flexibility index (Phi) is 4.60. The van der Waals surface area contributed by atoms with Crippen LogP contribution in [0.2, 0.25) is 0 Å². The van der Waals surface area contributed by atoms with Gasteiger partial charge in [0.2, 0.25) is 5.95 Å². The molecule has 2 atom stereocenters. The fourth-order valence-electron chi connectivity index (χ4n) is 2.56. The highest BCUT2D eigenvalue weighted by Gasteiger charge is 2.20. The Balaban J connectivity index is 1.91. The van der Waals surface area contributed by atoms with Crippen LogP contribution in [0.25, 0.3) is 0 Å². The number of hydrogen-bond acceptors (Lipinski definition) is 4. The lowest BCUT2D eigenvalue weighted by molar-refractivity contribution is 0.190. The lowest BCUT2D eigenvalue weighted by Gasteiger charge is -2.17. The molecule has 0 spiro atoms. The van der Waals surface area contributed by atoms with Crippen molar-refractivity contribution in [2.24, 2.45) is 5.92 Å². The molecule has 0 aliphatic carbocycles. The molecule has 2 unspecified atom stereocenters. The van der Waals surface area contributed by atoms with Crippen molar-refractivity contribution in [3.05, 3.63) is 12.4 Å². The summed E-state index contributed by atoms with van der Waals surface area (Å²) in [4.78, 5) is 6.77. The SMILES string of the molecule is COCC(C)Nc1nccn1CC1CCN(C)C1. The highest BCUT2D eigenvalue weighted by atomic mass is 16.5. The van der Waals surface area contributed by atoms with Crippen LogP contribution in [0, 0.1) is 5.92 Å². The first-order valence-electron chi connectivity index (χ1n) is 6.64. The van der Waals surface area contributed by atoms with E-state index in [1.54, 1.807) is 7.11 Å². The molecule has 1 aliphatic heterocycles. The van der Waals surface area contributed by atoms with E-state index in [1.807, 2.05) is 6.20 Å². The molecule has 1 fully saturated rings. The van der Waals surface area contributed by atoms with E-state index < -0.39 is 0 Å². The number of likely N-dealkylation sites (tertiary alicyclic amines) is 1. The monoisotopic (exact) mass is 252 g/mol. The third kappa shape index (κ3) is 3.46. The Morgan fingerprint density at radius 3 is 3.11 bits per heavy atom. The van der Waals surface area contributed by atoms with Gasteiger partial charge in [-0.2, -0.15) is 0 Å². The fraction of sp³-hybridized carbons (Fsp3) is 0.769. The molecule has 1 aromatic rings. The summed E-state index contributed by atoms with van der Waals surface area (Å²) in [7, 11) is 3.91. The quantitative estimate of drug-likeness (QED) is 0.828. The number of anilines is 1. The fourth-order valence-corrected chi connectivity index (χ4v) is 2.56. The topological polar surface area (TPSA) is 42.3 Å². The zero-order valence-electron chi connectivity index (χ0n) is 11.6. The van der Waals surface area contributed by atoms with Crippen LogP contribution in [0.15, 0.2) is 12.4 Å². The molecule has 0 amide bonds. The Morgan fingerprint density at radius 2 is 2.44 bits per heavy atom. The van der Waals surface area contributed by atoms with Crippen molar-refractivity contribution < 1.29 is 4.74 Å². The average Bonchev–Trinajstić information content (AvgIpc) is 2.90. The van der Waals surface area contributed by atoms with E-state index in [1.165, 1.54) is 19.5 Å². The number of ether oxygens (including phenoxy) is 1. The van der Waals surface area contributed by atoms with Crippen LogP contribution in [0.5, 0.6) is 0 Å². The highest BCUT2D eigenvalue weighted by molar-refractivity contribution is 5.27. The number of nitrogens with zero attached hydrogens (tertiary/aromatic N) is 3. The summed E-state index contributed by atoms with van der Waals surface area (Å²) in [5, 5.41) is 3.39. The number of rotatable bonds is 6. The molecule has 1 aliphatic rings. The molecule has 0 aromatic carbocycles. The molecule has 0 bridgehead atoms. The summed E-state index contributed by atoms with van der Waals surface area (Å²) in [5.41, 5.74) is 0. The van der Waals surface area contributed by atoms with Crippen LogP contribution in [-0.2, 0) is 11.3 Å². The van der Waals surface area contributed by atoms with Crippen molar-refractivity contribution in [2.75, 3.05) is 39.2 Å². The largest absolute Gasteiger partial charge is 0.383 e. The van der Waals surface area contributed by atoms with Gasteiger partial charge >= 0.3 is 0 Å². The van der Waals surface area contributed by atoms with E-state index in [0.717, 1.165) is 18.4 Å². The first kappa shape index (κ1) is 13.4. The van der Waals surface area contributed by atoms with Crippen LogP contribution >= 0.6 is 0 Å². The smallest absolute Gasteiger partial charge is 0.203 e. The summed E-state index contributed by atoms with van der Waals surface area (Å²) < 4.78 is 7.35. The van der Waals surface area contributed by atoms with Gasteiger partial charge in [0.25, 0.3) is 0 Å². The van der Waals surface area contributed by atoms with Crippen molar-refractivity contribution in [3.63, 3.8) is 0 Å². The Hall–Kier alpha value is -1.07. The predicted molar refractivity (Wildman–Crippen MR) is 72.8 cm³/mol. The van der Waals surface area contributed by atoms with Gasteiger partial charge in [-0.1, -0.05) is 0 Å². The van der Waals surface area contributed by atoms with E-state index in [-0.39, 0.29) is 6.04 Å². The van der Waals surface area contributed by atoms with E-state index in [4.69, 9.17) is 4.74 Å². The molecule has 0 saturated carbocycles. The minimum Gasteiger partial charge on any atom is -0.383 e. The van der Waals surface area contributed by atoms with Crippen molar-refractivity contribution in [1.29, 1.82) is 0 Å². The standard InChI is InChI=1S/C13H24N4O/c1-11(10-18-3)15-13-14-5-7-17(13)9-12-4-6-16(2)8-12/h5,7,11-12H,4,6,8-10H2,1-3H3,(H,14,15). The molecule has 1 saturated heterocycles. The van der Waals surface area contributed by atoms with Crippen molar-refractivity contribution in [2.45, 2.75) is 25.9 Å². The van der Waals surface area contributed by atoms with Crippen LogP contribution in [0.3, 0.4) is 0 Å². The molecule has 18 heavy (non-hydrogen) atoms. The van der Waals surface area contributed by atoms with E-state index in [9.17, 15) is 0 Å². The molecule has 5 nitrogen and oxygen atoms in total. The third-order valence-corrected chi connectivity index (χ3v) is 3.45. The summed E-state index contributed by atoms with van der Waals surface area (Å²) in [6.45, 7) is 6.24.